The second-order valence-corrected chi connectivity index (χ2v) is 3.80. The summed E-state index contributed by atoms with van der Waals surface area (Å²) in [5.41, 5.74) is 6.99. The fraction of sp³-hybridized carbons (Fsp3) is 0. The van der Waals surface area contributed by atoms with Gasteiger partial charge in [-0.05, 0) is 12.1 Å². The molecule has 2 aromatic heterocycles. The molecule has 88 valence electrons. The Kier molecular flexibility index (Phi) is 2.09. The molecule has 18 heavy (non-hydrogen) atoms. The molecule has 0 aliphatic carbocycles. The first-order valence-electron chi connectivity index (χ1n) is 5.22. The van der Waals surface area contributed by atoms with Gasteiger partial charge in [-0.15, -0.1) is 0 Å². The summed E-state index contributed by atoms with van der Waals surface area (Å²) in [5.74, 6) is -0.809. The van der Waals surface area contributed by atoms with Crippen molar-refractivity contribution in [2.75, 3.05) is 10.6 Å². The van der Waals surface area contributed by atoms with Crippen LogP contribution in [0.15, 0.2) is 36.9 Å². The number of fused-ring (bicyclic) bond motifs is 1. The Hall–Kier alpha value is -2.76. The number of rotatable bonds is 1. The van der Waals surface area contributed by atoms with Gasteiger partial charge in [0.15, 0.2) is 0 Å². The fourth-order valence-corrected chi connectivity index (χ4v) is 1.91. The molecule has 3 rings (SSSR count). The van der Waals surface area contributed by atoms with Crippen LogP contribution in [0.1, 0.15) is 20.7 Å². The van der Waals surface area contributed by atoms with Gasteiger partial charge in [0.2, 0.25) is 0 Å². The Morgan fingerprint density at radius 1 is 0.944 bits per heavy atom. The first-order valence-corrected chi connectivity index (χ1v) is 5.22. The van der Waals surface area contributed by atoms with E-state index in [1.807, 2.05) is 0 Å². The van der Waals surface area contributed by atoms with Crippen molar-refractivity contribution in [1.82, 2.24) is 9.97 Å². The summed E-state index contributed by atoms with van der Waals surface area (Å²) in [5, 5.41) is 0. The summed E-state index contributed by atoms with van der Waals surface area (Å²) in [6, 6.07) is 3.05. The minimum atomic E-state index is -0.416. The zero-order valence-electron chi connectivity index (χ0n) is 9.20. The highest BCUT2D eigenvalue weighted by Crippen LogP contribution is 2.30. The highest BCUT2D eigenvalue weighted by Gasteiger charge is 2.37. The first-order chi connectivity index (χ1) is 8.70. The number of pyridine rings is 2. The molecule has 2 amide bonds. The number of aromatic nitrogens is 2. The Morgan fingerprint density at radius 3 is 2.33 bits per heavy atom. The van der Waals surface area contributed by atoms with E-state index in [9.17, 15) is 9.59 Å². The molecule has 6 heteroatoms. The average Bonchev–Trinajstić information content (AvgIpc) is 2.64. The van der Waals surface area contributed by atoms with Crippen molar-refractivity contribution < 1.29 is 9.59 Å². The number of amides is 2. The number of nitrogen functional groups attached to an aromatic ring is 1. The molecule has 2 N–H and O–H groups in total. The smallest absolute Gasteiger partial charge is 0.267 e. The summed E-state index contributed by atoms with van der Waals surface area (Å²) in [7, 11) is 0. The molecule has 0 aromatic carbocycles. The average molecular weight is 240 g/mol. The van der Waals surface area contributed by atoms with Crippen LogP contribution in [0.25, 0.3) is 0 Å². The first kappa shape index (κ1) is 10.4. The van der Waals surface area contributed by atoms with Gasteiger partial charge in [-0.25, -0.2) is 4.90 Å². The molecule has 3 heterocycles. The zero-order chi connectivity index (χ0) is 12.7. The van der Waals surface area contributed by atoms with Crippen molar-refractivity contribution in [3.63, 3.8) is 0 Å². The molecule has 0 unspecified atom stereocenters. The number of imide groups is 1. The summed E-state index contributed by atoms with van der Waals surface area (Å²) in [6.45, 7) is 0. The predicted molar refractivity (Wildman–Crippen MR) is 64.0 cm³/mol. The van der Waals surface area contributed by atoms with Crippen molar-refractivity contribution in [3.8, 4) is 0 Å². The van der Waals surface area contributed by atoms with Gasteiger partial charge >= 0.3 is 0 Å². The van der Waals surface area contributed by atoms with Crippen molar-refractivity contribution in [1.29, 1.82) is 0 Å². The molecular formula is C12H8N4O2. The molecule has 1 aliphatic heterocycles. The van der Waals surface area contributed by atoms with Crippen LogP contribution in [0.3, 0.4) is 0 Å². The molecule has 0 fully saturated rings. The standard InChI is InChI=1S/C12H8N4O2/c13-9-6-15-4-2-10(9)16-11(17)7-1-3-14-5-8(7)12(16)18/h1-6H,13H2. The number of carbonyl (C=O) groups is 2. The predicted octanol–water partition coefficient (Wildman–Crippen LogP) is 0.859. The number of hydrogen-bond acceptors (Lipinski definition) is 5. The van der Waals surface area contributed by atoms with E-state index in [4.69, 9.17) is 5.73 Å². The fourth-order valence-electron chi connectivity index (χ4n) is 1.91. The summed E-state index contributed by atoms with van der Waals surface area (Å²) in [4.78, 5) is 33.0. The van der Waals surface area contributed by atoms with Crippen LogP contribution in [0.5, 0.6) is 0 Å². The van der Waals surface area contributed by atoms with Crippen molar-refractivity contribution in [3.05, 3.63) is 48.0 Å². The third kappa shape index (κ3) is 1.29. The van der Waals surface area contributed by atoms with Gasteiger partial charge in [0, 0.05) is 18.6 Å². The minimum Gasteiger partial charge on any atom is -0.396 e. The Labute approximate surface area is 102 Å². The number of anilines is 2. The lowest BCUT2D eigenvalue weighted by atomic mass is 10.2. The van der Waals surface area contributed by atoms with Crippen LogP contribution in [0.4, 0.5) is 11.4 Å². The molecule has 0 atom stereocenters. The van der Waals surface area contributed by atoms with E-state index < -0.39 is 11.8 Å². The van der Waals surface area contributed by atoms with Gasteiger partial charge < -0.3 is 5.73 Å². The quantitative estimate of drug-likeness (QED) is 0.746. The van der Waals surface area contributed by atoms with Gasteiger partial charge in [0.25, 0.3) is 11.8 Å². The summed E-state index contributed by atoms with van der Waals surface area (Å²) < 4.78 is 0. The van der Waals surface area contributed by atoms with E-state index in [1.165, 1.54) is 36.9 Å². The molecular weight excluding hydrogens is 232 g/mol. The van der Waals surface area contributed by atoms with Crippen LogP contribution in [0.2, 0.25) is 0 Å². The zero-order valence-corrected chi connectivity index (χ0v) is 9.20. The monoisotopic (exact) mass is 240 g/mol. The van der Waals surface area contributed by atoms with Crippen molar-refractivity contribution >= 4 is 23.2 Å². The van der Waals surface area contributed by atoms with Gasteiger partial charge in [0.1, 0.15) is 0 Å². The Morgan fingerprint density at radius 2 is 1.61 bits per heavy atom. The van der Waals surface area contributed by atoms with Crippen LogP contribution >= 0.6 is 0 Å². The maximum absolute atomic E-state index is 12.2. The van der Waals surface area contributed by atoms with Crippen LogP contribution in [-0.4, -0.2) is 21.8 Å². The van der Waals surface area contributed by atoms with E-state index in [2.05, 4.69) is 9.97 Å². The molecule has 1 aliphatic rings. The summed E-state index contributed by atoms with van der Waals surface area (Å²) in [6.07, 6.45) is 5.74. The largest absolute Gasteiger partial charge is 0.396 e. The third-order valence-electron chi connectivity index (χ3n) is 2.76. The molecule has 0 saturated heterocycles. The lowest BCUT2D eigenvalue weighted by molar-refractivity contribution is 0.0926. The Bertz CT molecular complexity index is 634. The number of nitrogens with zero attached hydrogens (tertiary/aromatic N) is 3. The number of carbonyl (C=O) groups excluding carboxylic acids is 2. The SMILES string of the molecule is Nc1cnccc1N1C(=O)c2ccncc2C1=O. The van der Waals surface area contributed by atoms with Crippen LogP contribution < -0.4 is 10.6 Å². The lowest BCUT2D eigenvalue weighted by Gasteiger charge is -2.15. The Balaban J connectivity index is 2.16. The van der Waals surface area contributed by atoms with E-state index in [1.54, 1.807) is 0 Å². The van der Waals surface area contributed by atoms with Gasteiger partial charge in [-0.3, -0.25) is 19.6 Å². The van der Waals surface area contributed by atoms with E-state index in [0.29, 0.717) is 16.8 Å². The van der Waals surface area contributed by atoms with Crippen LogP contribution in [0, 0.1) is 0 Å². The second-order valence-electron chi connectivity index (χ2n) is 3.80. The van der Waals surface area contributed by atoms with Gasteiger partial charge in [-0.1, -0.05) is 0 Å². The second kappa shape index (κ2) is 3.63. The molecule has 6 nitrogen and oxygen atoms in total. The van der Waals surface area contributed by atoms with Crippen molar-refractivity contribution in [2.45, 2.75) is 0 Å². The summed E-state index contributed by atoms with van der Waals surface area (Å²) >= 11 is 0. The number of nitrogens with two attached hydrogens (primary N) is 1. The number of hydrogen-bond donors (Lipinski definition) is 1. The lowest BCUT2D eigenvalue weighted by Crippen LogP contribution is -2.30. The van der Waals surface area contributed by atoms with Crippen LogP contribution in [-0.2, 0) is 0 Å². The minimum absolute atomic E-state index is 0.278. The van der Waals surface area contributed by atoms with Gasteiger partial charge in [0.05, 0.1) is 28.7 Å². The maximum Gasteiger partial charge on any atom is 0.267 e. The maximum atomic E-state index is 12.2. The normalized spacial score (nSPS) is 13.9. The molecule has 0 radical (unpaired) electrons. The highest BCUT2D eigenvalue weighted by molar-refractivity contribution is 6.35. The van der Waals surface area contributed by atoms with E-state index in [-0.39, 0.29) is 5.69 Å². The molecule has 0 spiro atoms. The molecule has 0 saturated carbocycles. The topological polar surface area (TPSA) is 89.2 Å². The van der Waals surface area contributed by atoms with Gasteiger partial charge in [-0.2, -0.15) is 0 Å². The van der Waals surface area contributed by atoms with E-state index >= 15 is 0 Å². The highest BCUT2D eigenvalue weighted by atomic mass is 16.2. The molecule has 2 aromatic rings. The third-order valence-corrected chi connectivity index (χ3v) is 2.76. The molecule has 0 bridgehead atoms. The van der Waals surface area contributed by atoms with Crippen molar-refractivity contribution in [2.24, 2.45) is 0 Å². The van der Waals surface area contributed by atoms with E-state index in [0.717, 1.165) is 4.90 Å².